The highest BCUT2D eigenvalue weighted by Crippen LogP contribution is 2.38. The second-order valence-electron chi connectivity index (χ2n) is 14.5. The Hall–Kier alpha value is -4.16. The first kappa shape index (κ1) is 50.2. The summed E-state index contributed by atoms with van der Waals surface area (Å²) in [6, 6.07) is 19.3. The van der Waals surface area contributed by atoms with E-state index in [4.69, 9.17) is 37.6 Å². The summed E-state index contributed by atoms with van der Waals surface area (Å²) in [6.07, 6.45) is -6.20. The highest BCUT2D eigenvalue weighted by atomic mass is 19.4. The van der Waals surface area contributed by atoms with E-state index >= 15 is 0 Å². The zero-order chi connectivity index (χ0) is 42.1. The van der Waals surface area contributed by atoms with E-state index in [-0.39, 0.29) is 32.1 Å². The van der Waals surface area contributed by atoms with Crippen molar-refractivity contribution in [3.63, 3.8) is 0 Å². The molecule has 4 aromatic rings. The first-order valence-electron chi connectivity index (χ1n) is 18.7. The third-order valence-corrected chi connectivity index (χ3v) is 9.69. The fourth-order valence-corrected chi connectivity index (χ4v) is 5.74. The van der Waals surface area contributed by atoms with Gasteiger partial charge in [-0.3, -0.25) is 4.70 Å². The van der Waals surface area contributed by atoms with Crippen molar-refractivity contribution in [3.8, 4) is 23.0 Å². The molecule has 328 valence electrons. The lowest BCUT2D eigenvalue weighted by Gasteiger charge is -2.32. The van der Waals surface area contributed by atoms with E-state index < -0.39 is 48.9 Å². The van der Waals surface area contributed by atoms with Crippen LogP contribution in [0.15, 0.2) is 84.9 Å². The van der Waals surface area contributed by atoms with Crippen LogP contribution in [-0.2, 0) is 53.7 Å². The van der Waals surface area contributed by atoms with E-state index in [1.165, 1.54) is 37.1 Å². The van der Waals surface area contributed by atoms with Crippen LogP contribution in [0, 0.1) is 0 Å². The lowest BCUT2D eigenvalue weighted by molar-refractivity contribution is -0.138. The Morgan fingerprint density at radius 1 is 0.667 bits per heavy atom. The molecule has 3 aliphatic heterocycles. The molecule has 7 rings (SSSR count). The second kappa shape index (κ2) is 21.6. The maximum absolute atomic E-state index is 12.8. The van der Waals surface area contributed by atoms with Gasteiger partial charge >= 0.3 is 26.6 Å². The molecule has 0 amide bonds. The molecule has 60 heavy (non-hydrogen) atoms. The van der Waals surface area contributed by atoms with Crippen molar-refractivity contribution in [2.24, 2.45) is 0 Å². The molecule has 0 saturated carbocycles. The van der Waals surface area contributed by atoms with E-state index in [2.05, 4.69) is 0 Å². The summed E-state index contributed by atoms with van der Waals surface area (Å²) in [6.45, 7) is 12.9. The molecule has 0 radical (unpaired) electrons. The van der Waals surface area contributed by atoms with Crippen LogP contribution in [0.5, 0.6) is 23.0 Å². The first-order chi connectivity index (χ1) is 27.4. The van der Waals surface area contributed by atoms with Crippen LogP contribution in [0.4, 0.5) is 31.0 Å². The van der Waals surface area contributed by atoms with Gasteiger partial charge in [0.15, 0.2) is 0 Å². The molecular weight excluding hydrogens is 803 g/mol. The van der Waals surface area contributed by atoms with Crippen molar-refractivity contribution in [2.75, 3.05) is 26.6 Å². The van der Waals surface area contributed by atoms with Gasteiger partial charge in [0.1, 0.15) is 29.8 Å². The highest BCUT2D eigenvalue weighted by Gasteiger charge is 2.52. The number of alkyl halides is 6. The lowest BCUT2D eigenvalue weighted by Crippen LogP contribution is -2.41. The topological polar surface area (TPSA) is 94.1 Å². The van der Waals surface area contributed by atoms with Crippen molar-refractivity contribution in [1.82, 2.24) is 0 Å². The number of halogens is 7. The maximum Gasteiger partial charge on any atom is 0.495 e. The molecule has 0 aliphatic carbocycles. The van der Waals surface area contributed by atoms with E-state index in [0.29, 0.717) is 35.1 Å². The molecule has 2 fully saturated rings. The quantitative estimate of drug-likeness (QED) is 0.0725. The summed E-state index contributed by atoms with van der Waals surface area (Å²) < 4.78 is 120. The van der Waals surface area contributed by atoms with Crippen molar-refractivity contribution < 1.29 is 73.7 Å². The first-order valence-corrected chi connectivity index (χ1v) is 18.7. The molecule has 0 spiro atoms. The summed E-state index contributed by atoms with van der Waals surface area (Å²) in [5.74, 6) is 1.54. The number of fused-ring (bicyclic) bond motifs is 1. The van der Waals surface area contributed by atoms with E-state index in [9.17, 15) is 31.4 Å². The summed E-state index contributed by atoms with van der Waals surface area (Å²) in [5.41, 5.74) is 0.577. The monoisotopic (exact) mass is 854 g/mol. The molecule has 0 unspecified atom stereocenters. The smallest absolute Gasteiger partial charge is 0.457 e. The van der Waals surface area contributed by atoms with Gasteiger partial charge in [0, 0.05) is 19.8 Å². The Labute approximate surface area is 346 Å². The van der Waals surface area contributed by atoms with Gasteiger partial charge in [0.25, 0.3) is 0 Å². The standard InChI is InChI=1S/C23H28BF3O5.C14H10BF3O3.C4H8O.CH4.FH/c1-6-28-15-29-14-16-13-19(30-18-9-7-17(8-10-18)23(25,26)27)11-12-20(16)24-31-21(2,3)22(4,5)32-24;16-14(17,18)10-1-3-11(4-2-10)21-12-5-6-13-9(7-12)8-20-15(13)19;1-2-4-5-3-1;;/h7-13H,6,14-15H2,1-5H3;1-7,19H,8H2;1-4H2;1H4;1H. The third-order valence-electron chi connectivity index (χ3n) is 9.69. The maximum atomic E-state index is 12.8. The fraction of sp³-hybridized carbons (Fsp3) is 0.429. The molecule has 1 N–H and O–H groups in total. The molecule has 2 saturated heterocycles. The van der Waals surface area contributed by atoms with Gasteiger partial charge < -0.3 is 42.7 Å². The van der Waals surface area contributed by atoms with Gasteiger partial charge in [-0.15, -0.1) is 0 Å². The normalized spacial score (nSPS) is 16.3. The fourth-order valence-electron chi connectivity index (χ4n) is 5.74. The van der Waals surface area contributed by atoms with Crippen LogP contribution < -0.4 is 20.4 Å². The Morgan fingerprint density at radius 2 is 1.13 bits per heavy atom. The number of hydrogen-bond donors (Lipinski definition) is 1. The van der Waals surface area contributed by atoms with Crippen molar-refractivity contribution in [3.05, 3.63) is 107 Å². The van der Waals surface area contributed by atoms with Crippen molar-refractivity contribution in [2.45, 2.75) is 91.7 Å². The van der Waals surface area contributed by atoms with E-state index in [0.717, 1.165) is 54.1 Å². The van der Waals surface area contributed by atoms with Gasteiger partial charge in [0.05, 0.1) is 35.5 Å². The van der Waals surface area contributed by atoms with Crippen LogP contribution in [0.2, 0.25) is 0 Å². The summed E-state index contributed by atoms with van der Waals surface area (Å²) in [4.78, 5) is 0. The minimum absolute atomic E-state index is 0. The van der Waals surface area contributed by atoms with Crippen molar-refractivity contribution in [1.29, 1.82) is 0 Å². The summed E-state index contributed by atoms with van der Waals surface area (Å²) in [5, 5.41) is 9.50. The molecule has 0 atom stereocenters. The Bertz CT molecular complexity index is 1900. The van der Waals surface area contributed by atoms with Crippen molar-refractivity contribution >= 4 is 25.2 Å². The Balaban J connectivity index is 0.000000294. The van der Waals surface area contributed by atoms with Gasteiger partial charge in [-0.1, -0.05) is 19.6 Å². The number of benzene rings is 4. The Morgan fingerprint density at radius 3 is 1.58 bits per heavy atom. The number of ether oxygens (including phenoxy) is 5. The summed E-state index contributed by atoms with van der Waals surface area (Å²) >= 11 is 0. The Kier molecular flexibility index (Phi) is 18.0. The number of hydrogen-bond acceptors (Lipinski definition) is 9. The second-order valence-corrected chi connectivity index (χ2v) is 14.5. The molecule has 3 aliphatic rings. The molecule has 0 bridgehead atoms. The zero-order valence-corrected chi connectivity index (χ0v) is 33.3. The van der Waals surface area contributed by atoms with E-state index in [1.54, 1.807) is 30.3 Å². The molecule has 3 heterocycles. The van der Waals surface area contributed by atoms with Crippen LogP contribution in [0.25, 0.3) is 0 Å². The predicted octanol–water partition coefficient (Wildman–Crippen LogP) is 9.61. The van der Waals surface area contributed by atoms with Crippen LogP contribution in [0.1, 0.15) is 77.1 Å². The van der Waals surface area contributed by atoms with Gasteiger partial charge in [-0.25, -0.2) is 0 Å². The van der Waals surface area contributed by atoms with Gasteiger partial charge in [-0.2, -0.15) is 26.3 Å². The SMILES string of the molecule is C.C1CCOC1.CCOCOCc1cc(Oc2ccc(C(F)(F)F)cc2)ccc1B1OC(C)(C)C(C)(C)O1.F.OB1OCc2cc(Oc3ccc(C(F)(F)F)cc3)ccc21. The van der Waals surface area contributed by atoms with Crippen LogP contribution >= 0.6 is 0 Å². The highest BCUT2D eigenvalue weighted by molar-refractivity contribution is 6.62. The summed E-state index contributed by atoms with van der Waals surface area (Å²) in [7, 11) is -1.52. The van der Waals surface area contributed by atoms with Gasteiger partial charge in [-0.05, 0) is 142 Å². The van der Waals surface area contributed by atoms with Crippen LogP contribution in [0.3, 0.4) is 0 Å². The minimum atomic E-state index is -4.39. The molecule has 9 nitrogen and oxygen atoms in total. The average Bonchev–Trinajstić information content (AvgIpc) is 3.91. The lowest BCUT2D eigenvalue weighted by atomic mass is 9.76. The molecular formula is C42H51B2F7O9. The third kappa shape index (κ3) is 13.7. The zero-order valence-electron chi connectivity index (χ0n) is 33.3. The van der Waals surface area contributed by atoms with Gasteiger partial charge in [0.2, 0.25) is 0 Å². The molecule has 18 heteroatoms. The largest absolute Gasteiger partial charge is 0.495 e. The van der Waals surface area contributed by atoms with Crippen LogP contribution in [-0.4, -0.2) is 57.1 Å². The molecule has 4 aromatic carbocycles. The number of rotatable bonds is 10. The predicted molar refractivity (Wildman–Crippen MR) is 215 cm³/mol. The average molecular weight is 854 g/mol. The minimum Gasteiger partial charge on any atom is -0.457 e. The van der Waals surface area contributed by atoms with E-state index in [1.807, 2.05) is 40.7 Å². The molecule has 0 aromatic heterocycles.